The van der Waals surface area contributed by atoms with Gasteiger partial charge in [-0.1, -0.05) is 12.1 Å². The summed E-state index contributed by atoms with van der Waals surface area (Å²) in [5.41, 5.74) is 0.351. The van der Waals surface area contributed by atoms with Crippen LogP contribution in [0.4, 0.5) is 23.2 Å². The van der Waals surface area contributed by atoms with Gasteiger partial charge in [0.2, 0.25) is 0 Å². The van der Waals surface area contributed by atoms with E-state index in [1.165, 1.54) is 11.0 Å². The molecular weight excluding hydrogens is 518 g/mol. The number of aryl methyl sites for hydroxylation is 1. The summed E-state index contributed by atoms with van der Waals surface area (Å²) < 4.78 is 61.9. The number of ether oxygens (including phenoxy) is 1. The molecule has 8 nitrogen and oxygen atoms in total. The van der Waals surface area contributed by atoms with Crippen molar-refractivity contribution in [2.45, 2.75) is 43.6 Å². The van der Waals surface area contributed by atoms with E-state index >= 15 is 0 Å². The quantitative estimate of drug-likeness (QED) is 0.379. The number of benzene rings is 2. The standard InChI is InChI=1S/C27H29F4N5O3/c1-35-16-33-34-24(35)10-26(14-39-15-26)18-3-2-4-19(9-18)36-13-22-21(25(36)38)7-17(8-23(22)27(29,30)31)11-32-12-20(37)5-6-28/h2-4,7-9,16,20,32,37H,5-6,10-15H2,1H3. The molecule has 1 atom stereocenters. The maximum atomic E-state index is 14.1. The van der Waals surface area contributed by atoms with Gasteiger partial charge in [-0.15, -0.1) is 10.2 Å². The Balaban J connectivity index is 1.41. The molecule has 2 aliphatic rings. The van der Waals surface area contributed by atoms with Crippen LogP contribution in [0.2, 0.25) is 0 Å². The first kappa shape index (κ1) is 27.2. The number of nitrogens with zero attached hydrogens (tertiary/aromatic N) is 4. The van der Waals surface area contributed by atoms with Crippen molar-refractivity contribution in [3.8, 4) is 0 Å². The molecule has 2 aliphatic heterocycles. The summed E-state index contributed by atoms with van der Waals surface area (Å²) in [6.45, 7) is 0.0161. The number of carbonyl (C=O) groups is 1. The highest BCUT2D eigenvalue weighted by molar-refractivity contribution is 6.10. The highest BCUT2D eigenvalue weighted by Gasteiger charge is 2.43. The maximum absolute atomic E-state index is 14.1. The Morgan fingerprint density at radius 2 is 2.03 bits per heavy atom. The zero-order valence-electron chi connectivity index (χ0n) is 21.3. The number of carbonyl (C=O) groups excluding carboxylic acids is 1. The molecule has 3 aromatic rings. The van der Waals surface area contributed by atoms with Crippen molar-refractivity contribution in [3.05, 3.63) is 76.4 Å². The molecule has 3 heterocycles. The predicted molar refractivity (Wildman–Crippen MR) is 134 cm³/mol. The molecule has 2 N–H and O–H groups in total. The van der Waals surface area contributed by atoms with Gasteiger partial charge in [0.25, 0.3) is 5.91 Å². The lowest BCUT2D eigenvalue weighted by atomic mass is 9.75. The van der Waals surface area contributed by atoms with Crippen LogP contribution in [0, 0.1) is 0 Å². The number of halogens is 4. The summed E-state index contributed by atoms with van der Waals surface area (Å²) in [6.07, 6.45) is -3.49. The van der Waals surface area contributed by atoms with Gasteiger partial charge in [0.1, 0.15) is 12.2 Å². The molecule has 1 saturated heterocycles. The minimum atomic E-state index is -4.66. The van der Waals surface area contributed by atoms with Gasteiger partial charge in [-0.3, -0.25) is 9.18 Å². The molecule has 0 aliphatic carbocycles. The summed E-state index contributed by atoms with van der Waals surface area (Å²) in [7, 11) is 1.85. The van der Waals surface area contributed by atoms with Gasteiger partial charge in [-0.05, 0) is 41.0 Å². The molecule has 12 heteroatoms. The third-order valence-corrected chi connectivity index (χ3v) is 7.39. The molecule has 1 fully saturated rings. The highest BCUT2D eigenvalue weighted by Crippen LogP contribution is 2.41. The second kappa shape index (κ2) is 10.7. The Hall–Kier alpha value is -3.35. The molecule has 0 spiro atoms. The lowest BCUT2D eigenvalue weighted by Gasteiger charge is -2.42. The van der Waals surface area contributed by atoms with Crippen molar-refractivity contribution in [2.75, 3.05) is 31.3 Å². The van der Waals surface area contributed by atoms with Gasteiger partial charge in [-0.2, -0.15) is 13.2 Å². The monoisotopic (exact) mass is 547 g/mol. The van der Waals surface area contributed by atoms with Crippen LogP contribution in [0.3, 0.4) is 0 Å². The van der Waals surface area contributed by atoms with Gasteiger partial charge in [0.05, 0.1) is 38.1 Å². The smallest absolute Gasteiger partial charge is 0.392 e. The zero-order valence-corrected chi connectivity index (χ0v) is 21.3. The molecule has 0 saturated carbocycles. The van der Waals surface area contributed by atoms with E-state index in [1.807, 2.05) is 23.7 Å². The van der Waals surface area contributed by atoms with Crippen molar-refractivity contribution in [1.29, 1.82) is 0 Å². The third-order valence-electron chi connectivity index (χ3n) is 7.39. The summed E-state index contributed by atoms with van der Waals surface area (Å²) >= 11 is 0. The van der Waals surface area contributed by atoms with Gasteiger partial charge in [0, 0.05) is 49.6 Å². The fraction of sp³-hybridized carbons (Fsp3) is 0.444. The molecule has 208 valence electrons. The van der Waals surface area contributed by atoms with Gasteiger partial charge in [0.15, 0.2) is 0 Å². The van der Waals surface area contributed by atoms with Crippen LogP contribution < -0.4 is 10.2 Å². The number of aliphatic hydroxyl groups excluding tert-OH is 1. The molecule has 2 aromatic carbocycles. The van der Waals surface area contributed by atoms with Crippen LogP contribution in [0.5, 0.6) is 0 Å². The summed E-state index contributed by atoms with van der Waals surface area (Å²) in [6, 6.07) is 9.76. The fourth-order valence-electron chi connectivity index (χ4n) is 5.14. The minimum Gasteiger partial charge on any atom is -0.392 e. The van der Waals surface area contributed by atoms with Crippen LogP contribution in [-0.2, 0) is 42.9 Å². The second-order valence-corrected chi connectivity index (χ2v) is 10.2. The average Bonchev–Trinajstić information content (AvgIpc) is 3.43. The Morgan fingerprint density at radius 3 is 2.67 bits per heavy atom. The molecular formula is C27H29F4N5O3. The number of nitrogens with one attached hydrogen (secondary N) is 1. The van der Waals surface area contributed by atoms with Crippen LogP contribution in [0.15, 0.2) is 42.7 Å². The van der Waals surface area contributed by atoms with Crippen LogP contribution >= 0.6 is 0 Å². The minimum absolute atomic E-state index is 0.00268. The van der Waals surface area contributed by atoms with E-state index in [1.54, 1.807) is 18.5 Å². The molecule has 1 aromatic heterocycles. The Morgan fingerprint density at radius 1 is 1.23 bits per heavy atom. The molecule has 0 bridgehead atoms. The van der Waals surface area contributed by atoms with Gasteiger partial charge >= 0.3 is 6.18 Å². The second-order valence-electron chi connectivity index (χ2n) is 10.2. The number of fused-ring (bicyclic) bond motifs is 1. The van der Waals surface area contributed by atoms with E-state index in [-0.39, 0.29) is 48.2 Å². The predicted octanol–water partition coefficient (Wildman–Crippen LogP) is 3.32. The van der Waals surface area contributed by atoms with Gasteiger partial charge < -0.3 is 24.6 Å². The van der Waals surface area contributed by atoms with Crippen LogP contribution in [0.25, 0.3) is 0 Å². The number of alkyl halides is 4. The summed E-state index contributed by atoms with van der Waals surface area (Å²) in [5, 5.41) is 20.7. The van der Waals surface area contributed by atoms with Crippen molar-refractivity contribution >= 4 is 11.6 Å². The van der Waals surface area contributed by atoms with Crippen molar-refractivity contribution in [2.24, 2.45) is 7.05 Å². The van der Waals surface area contributed by atoms with Crippen LogP contribution in [0.1, 0.15) is 44.9 Å². The topological polar surface area (TPSA) is 92.5 Å². The fourth-order valence-corrected chi connectivity index (χ4v) is 5.14. The van der Waals surface area contributed by atoms with E-state index in [0.717, 1.165) is 17.5 Å². The maximum Gasteiger partial charge on any atom is 0.416 e. The normalized spacial score (nSPS) is 17.3. The molecule has 1 amide bonds. The molecule has 5 rings (SSSR count). The lowest BCUT2D eigenvalue weighted by Crippen LogP contribution is -2.49. The van der Waals surface area contributed by atoms with Crippen LogP contribution in [-0.4, -0.2) is 58.3 Å². The first-order valence-corrected chi connectivity index (χ1v) is 12.6. The van der Waals surface area contributed by atoms with Crippen molar-refractivity contribution < 1.29 is 32.2 Å². The number of hydrogen-bond acceptors (Lipinski definition) is 6. The van der Waals surface area contributed by atoms with E-state index in [9.17, 15) is 27.5 Å². The Labute approximate surface area is 222 Å². The summed E-state index contributed by atoms with van der Waals surface area (Å²) in [5.74, 6) is 0.265. The molecule has 39 heavy (non-hydrogen) atoms. The molecule has 1 unspecified atom stereocenters. The Kier molecular flexibility index (Phi) is 7.45. The van der Waals surface area contributed by atoms with E-state index < -0.39 is 30.4 Å². The zero-order chi connectivity index (χ0) is 27.8. The van der Waals surface area contributed by atoms with Crippen molar-refractivity contribution in [1.82, 2.24) is 20.1 Å². The lowest BCUT2D eigenvalue weighted by molar-refractivity contribution is -0.138. The number of rotatable bonds is 10. The van der Waals surface area contributed by atoms with Gasteiger partial charge in [-0.25, -0.2) is 0 Å². The number of amides is 1. The Bertz CT molecular complexity index is 1360. The number of hydrogen-bond donors (Lipinski definition) is 2. The highest BCUT2D eigenvalue weighted by atomic mass is 19.4. The van der Waals surface area contributed by atoms with E-state index in [4.69, 9.17) is 4.74 Å². The molecule has 0 radical (unpaired) electrons. The largest absolute Gasteiger partial charge is 0.416 e. The van der Waals surface area contributed by atoms with Crippen molar-refractivity contribution in [3.63, 3.8) is 0 Å². The number of anilines is 1. The van der Waals surface area contributed by atoms with E-state index in [2.05, 4.69) is 15.5 Å². The summed E-state index contributed by atoms with van der Waals surface area (Å²) in [4.78, 5) is 14.8. The third kappa shape index (κ3) is 5.41. The SMILES string of the molecule is Cn1cnnc1CC1(c2cccc(N3Cc4c(cc(CNCC(O)CCF)cc4C(F)(F)F)C3=O)c2)COC1. The first-order valence-electron chi connectivity index (χ1n) is 12.6. The first-order chi connectivity index (χ1) is 18.6. The number of aliphatic hydroxyl groups is 1. The average molecular weight is 548 g/mol. The van der Waals surface area contributed by atoms with E-state index in [0.29, 0.717) is 25.3 Å². The number of aromatic nitrogens is 3.